The summed E-state index contributed by atoms with van der Waals surface area (Å²) in [6, 6.07) is 3.04. The van der Waals surface area contributed by atoms with E-state index in [1.807, 2.05) is 0 Å². The number of hydrogen-bond acceptors (Lipinski definition) is 7. The molecule has 0 radical (unpaired) electrons. The predicted octanol–water partition coefficient (Wildman–Crippen LogP) is 1.84. The van der Waals surface area contributed by atoms with Gasteiger partial charge in [0.15, 0.2) is 5.67 Å². The van der Waals surface area contributed by atoms with Crippen LogP contribution in [0.4, 0.5) is 4.39 Å². The van der Waals surface area contributed by atoms with Crippen molar-refractivity contribution >= 4 is 23.6 Å². The summed E-state index contributed by atoms with van der Waals surface area (Å²) in [5.74, 6) is 1.08. The molecule has 1 aromatic rings. The number of alkyl halides is 1. The van der Waals surface area contributed by atoms with Gasteiger partial charge in [-0.25, -0.2) is 9.37 Å². The summed E-state index contributed by atoms with van der Waals surface area (Å²) in [6.45, 7) is 0.379. The van der Waals surface area contributed by atoms with Crippen LogP contribution in [0.1, 0.15) is 35.3 Å². The van der Waals surface area contributed by atoms with Crippen LogP contribution in [-0.4, -0.2) is 60.8 Å². The van der Waals surface area contributed by atoms with Crippen LogP contribution in [0.3, 0.4) is 0 Å². The Morgan fingerprint density at radius 1 is 1.36 bits per heavy atom. The number of amides is 1. The van der Waals surface area contributed by atoms with Crippen molar-refractivity contribution in [2.24, 2.45) is 5.92 Å². The number of methoxy groups -OCH3 is 1. The minimum absolute atomic E-state index is 0.0422. The van der Waals surface area contributed by atoms with Crippen molar-refractivity contribution in [1.82, 2.24) is 10.3 Å². The second kappa shape index (κ2) is 7.51. The van der Waals surface area contributed by atoms with E-state index in [2.05, 4.69) is 10.3 Å². The molecule has 7 nitrogen and oxygen atoms in total. The fourth-order valence-corrected chi connectivity index (χ4v) is 4.20. The predicted molar refractivity (Wildman–Crippen MR) is 100 cm³/mol. The van der Waals surface area contributed by atoms with E-state index in [0.717, 1.165) is 12.8 Å². The summed E-state index contributed by atoms with van der Waals surface area (Å²) < 4.78 is 30.4. The molecule has 1 saturated carbocycles. The Kier molecular flexibility index (Phi) is 5.22. The number of carbonyl (C=O) groups is 2. The van der Waals surface area contributed by atoms with Gasteiger partial charge in [-0.2, -0.15) is 11.8 Å². The molecule has 1 aliphatic carbocycles. The second-order valence-corrected chi connectivity index (χ2v) is 8.73. The Morgan fingerprint density at radius 2 is 2.11 bits per heavy atom. The number of hydrogen-bond donors (Lipinski definition) is 1. The van der Waals surface area contributed by atoms with Crippen molar-refractivity contribution in [2.75, 3.05) is 38.4 Å². The van der Waals surface area contributed by atoms with Gasteiger partial charge in [-0.15, -0.1) is 0 Å². The summed E-state index contributed by atoms with van der Waals surface area (Å²) in [4.78, 5) is 28.7. The number of carbonyl (C=O) groups excluding carboxylic acids is 2. The van der Waals surface area contributed by atoms with Gasteiger partial charge in [0.25, 0.3) is 5.91 Å². The highest BCUT2D eigenvalue weighted by Crippen LogP contribution is 2.40. The maximum atomic E-state index is 14.9. The molecule has 9 heteroatoms. The molecule has 1 aromatic heterocycles. The first-order valence-electron chi connectivity index (χ1n) is 9.31. The lowest BCUT2D eigenvalue weighted by molar-refractivity contribution is -0.141. The molecule has 2 saturated heterocycles. The van der Waals surface area contributed by atoms with E-state index in [9.17, 15) is 14.0 Å². The summed E-state index contributed by atoms with van der Waals surface area (Å²) >= 11 is 1.64. The Balaban J connectivity index is 1.52. The topological polar surface area (TPSA) is 86.8 Å². The molecule has 1 amide bonds. The number of thioether (sulfide) groups is 1. The van der Waals surface area contributed by atoms with Crippen molar-refractivity contribution in [3.63, 3.8) is 0 Å². The van der Waals surface area contributed by atoms with Crippen LogP contribution in [0.2, 0.25) is 0 Å². The van der Waals surface area contributed by atoms with Gasteiger partial charge in [-0.05, 0) is 30.9 Å². The van der Waals surface area contributed by atoms with Crippen molar-refractivity contribution in [2.45, 2.75) is 30.5 Å². The van der Waals surface area contributed by atoms with Crippen molar-refractivity contribution in [1.29, 1.82) is 0 Å². The molecule has 152 valence electrons. The molecule has 2 aliphatic heterocycles. The van der Waals surface area contributed by atoms with Crippen molar-refractivity contribution in [3.05, 3.63) is 23.4 Å². The minimum Gasteiger partial charge on any atom is -0.477 e. The molecule has 4 rings (SSSR count). The Bertz CT molecular complexity index is 778. The fraction of sp³-hybridized carbons (Fsp3) is 0.632. The number of halogens is 1. The molecule has 0 atom stereocenters. The second-order valence-electron chi connectivity index (χ2n) is 7.74. The van der Waals surface area contributed by atoms with Crippen LogP contribution in [0.15, 0.2) is 12.1 Å². The van der Waals surface area contributed by atoms with E-state index >= 15 is 0 Å². The first-order chi connectivity index (χ1) is 13.4. The average molecular weight is 410 g/mol. The van der Waals surface area contributed by atoms with E-state index in [4.69, 9.17) is 14.2 Å². The van der Waals surface area contributed by atoms with Gasteiger partial charge < -0.3 is 19.5 Å². The minimum atomic E-state index is -1.63. The van der Waals surface area contributed by atoms with E-state index in [1.165, 1.54) is 13.2 Å². The summed E-state index contributed by atoms with van der Waals surface area (Å²) in [5, 5.41) is 2.90. The molecule has 3 heterocycles. The first kappa shape index (κ1) is 19.4. The van der Waals surface area contributed by atoms with Gasteiger partial charge in [0.05, 0.1) is 44.5 Å². The highest BCUT2D eigenvalue weighted by Gasteiger charge is 2.45. The number of esters is 1. The molecule has 0 bridgehead atoms. The average Bonchev–Trinajstić information content (AvgIpc) is 3.46. The maximum absolute atomic E-state index is 14.9. The quantitative estimate of drug-likeness (QED) is 0.655. The lowest BCUT2D eigenvalue weighted by atomic mass is 9.94. The Hall–Kier alpha value is -1.87. The van der Waals surface area contributed by atoms with Gasteiger partial charge in [0, 0.05) is 11.5 Å². The van der Waals surface area contributed by atoms with Crippen LogP contribution < -0.4 is 10.1 Å². The van der Waals surface area contributed by atoms with E-state index in [-0.39, 0.29) is 37.2 Å². The zero-order valence-electron chi connectivity index (χ0n) is 15.7. The third kappa shape index (κ3) is 3.96. The molecule has 0 aromatic carbocycles. The van der Waals surface area contributed by atoms with Crippen LogP contribution in [0.5, 0.6) is 5.88 Å². The third-order valence-electron chi connectivity index (χ3n) is 5.24. The molecular formula is C19H23FN2O5S. The van der Waals surface area contributed by atoms with Gasteiger partial charge in [-0.1, -0.05) is 0 Å². The molecule has 3 aliphatic rings. The maximum Gasteiger partial charge on any atom is 0.307 e. The van der Waals surface area contributed by atoms with Gasteiger partial charge in [0.2, 0.25) is 5.88 Å². The highest BCUT2D eigenvalue weighted by molar-refractivity contribution is 8.00. The molecular weight excluding hydrogens is 387 g/mol. The summed E-state index contributed by atoms with van der Waals surface area (Å²) in [7, 11) is 1.32. The molecule has 0 unspecified atom stereocenters. The molecule has 1 N–H and O–H groups in total. The highest BCUT2D eigenvalue weighted by atomic mass is 32.2. The van der Waals surface area contributed by atoms with E-state index in [0.29, 0.717) is 29.6 Å². The standard InChI is InChI=1S/C19H23FN2O5S/c1-25-15(23)6-18(10-28-11-18)22-16(24)14-5-4-13(19(20)8-26-9-19)17(21-14)27-7-12-2-3-12/h4-5,12H,2-3,6-11H2,1H3,(H,22,24). The number of ether oxygens (including phenoxy) is 3. The summed E-state index contributed by atoms with van der Waals surface area (Å²) in [6.07, 6.45) is 2.29. The van der Waals surface area contributed by atoms with Crippen molar-refractivity contribution < 1.29 is 28.2 Å². The van der Waals surface area contributed by atoms with Gasteiger partial charge in [0.1, 0.15) is 5.69 Å². The van der Waals surface area contributed by atoms with Gasteiger partial charge in [-0.3, -0.25) is 9.59 Å². The molecule has 28 heavy (non-hydrogen) atoms. The monoisotopic (exact) mass is 410 g/mol. The van der Waals surface area contributed by atoms with E-state index in [1.54, 1.807) is 17.8 Å². The first-order valence-corrected chi connectivity index (χ1v) is 10.5. The zero-order valence-corrected chi connectivity index (χ0v) is 16.5. The summed E-state index contributed by atoms with van der Waals surface area (Å²) in [5.41, 5.74) is -1.80. The number of nitrogens with zero attached hydrogens (tertiary/aromatic N) is 1. The number of nitrogens with one attached hydrogen (secondary N) is 1. The lowest BCUT2D eigenvalue weighted by Crippen LogP contribution is -2.59. The number of rotatable bonds is 8. The van der Waals surface area contributed by atoms with E-state index < -0.39 is 17.1 Å². The van der Waals surface area contributed by atoms with Crippen LogP contribution in [0, 0.1) is 5.92 Å². The Morgan fingerprint density at radius 3 is 2.64 bits per heavy atom. The fourth-order valence-electron chi connectivity index (χ4n) is 3.16. The van der Waals surface area contributed by atoms with Gasteiger partial charge >= 0.3 is 5.97 Å². The number of pyridine rings is 1. The molecule has 3 fully saturated rings. The Labute approximate surface area is 166 Å². The number of aromatic nitrogens is 1. The third-order valence-corrected chi connectivity index (χ3v) is 6.75. The van der Waals surface area contributed by atoms with Crippen LogP contribution in [0.25, 0.3) is 0 Å². The SMILES string of the molecule is COC(=O)CC1(NC(=O)c2ccc(C3(F)COC3)c(OCC3CC3)n2)CSC1. The smallest absolute Gasteiger partial charge is 0.307 e. The zero-order chi connectivity index (χ0) is 19.8. The van der Waals surface area contributed by atoms with Crippen molar-refractivity contribution in [3.8, 4) is 5.88 Å². The molecule has 0 spiro atoms. The lowest BCUT2D eigenvalue weighted by Gasteiger charge is -2.41. The van der Waals surface area contributed by atoms with Crippen LogP contribution in [-0.2, 0) is 19.9 Å². The largest absolute Gasteiger partial charge is 0.477 e. The normalized spacial score (nSPS) is 21.8. The van der Waals surface area contributed by atoms with Crippen LogP contribution >= 0.6 is 11.8 Å².